The molecule has 0 unspecified atom stereocenters. The monoisotopic (exact) mass is 235 g/mol. The smallest absolute Gasteiger partial charge is 0.253 e. The van der Waals surface area contributed by atoms with Crippen molar-refractivity contribution in [1.29, 1.82) is 0 Å². The minimum absolute atomic E-state index is 0.0416. The number of hydrogen-bond donors (Lipinski definition) is 3. The fraction of sp³-hybridized carbons (Fsp3) is 0.333. The van der Waals surface area contributed by atoms with Crippen LogP contribution < -0.4 is 16.4 Å². The number of anilines is 1. The molecule has 0 aliphatic carbocycles. The van der Waals surface area contributed by atoms with Crippen LogP contribution in [0.1, 0.15) is 22.8 Å². The van der Waals surface area contributed by atoms with Crippen molar-refractivity contribution in [3.05, 3.63) is 29.3 Å². The lowest BCUT2D eigenvalue weighted by Gasteiger charge is -2.09. The van der Waals surface area contributed by atoms with Gasteiger partial charge in [-0.1, -0.05) is 12.1 Å². The Morgan fingerprint density at radius 3 is 2.65 bits per heavy atom. The van der Waals surface area contributed by atoms with E-state index in [2.05, 4.69) is 10.6 Å². The molecule has 1 rings (SSSR count). The summed E-state index contributed by atoms with van der Waals surface area (Å²) in [7, 11) is 0. The van der Waals surface area contributed by atoms with Crippen LogP contribution in [0.5, 0.6) is 0 Å². The molecule has 0 bridgehead atoms. The van der Waals surface area contributed by atoms with E-state index in [4.69, 9.17) is 5.73 Å². The highest BCUT2D eigenvalue weighted by atomic mass is 16.2. The van der Waals surface area contributed by atoms with Gasteiger partial charge >= 0.3 is 0 Å². The van der Waals surface area contributed by atoms with Gasteiger partial charge in [0.1, 0.15) is 0 Å². The summed E-state index contributed by atoms with van der Waals surface area (Å²) in [6.07, 6.45) is 0. The predicted octanol–water partition coefficient (Wildman–Crippen LogP) is 0.443. The normalized spacial score (nSPS) is 9.76. The summed E-state index contributed by atoms with van der Waals surface area (Å²) in [6.45, 7) is 4.15. The summed E-state index contributed by atoms with van der Waals surface area (Å²) in [5.74, 6) is -0.551. The van der Waals surface area contributed by atoms with Gasteiger partial charge in [-0.3, -0.25) is 9.59 Å². The molecule has 0 fully saturated rings. The van der Waals surface area contributed by atoms with Gasteiger partial charge in [-0.25, -0.2) is 0 Å². The number of likely N-dealkylation sites (N-methyl/N-ethyl adjacent to an activating group) is 1. The van der Waals surface area contributed by atoms with Gasteiger partial charge in [0, 0.05) is 12.2 Å². The maximum atomic E-state index is 11.8. The Kier molecular flexibility index (Phi) is 4.51. The van der Waals surface area contributed by atoms with Gasteiger partial charge in [-0.05, 0) is 25.5 Å². The van der Waals surface area contributed by atoms with Crippen molar-refractivity contribution in [3.8, 4) is 0 Å². The molecule has 5 heteroatoms. The Morgan fingerprint density at radius 1 is 1.29 bits per heavy atom. The second kappa shape index (κ2) is 5.89. The zero-order valence-corrected chi connectivity index (χ0v) is 10.0. The number of amides is 2. The average molecular weight is 235 g/mol. The lowest BCUT2D eigenvalue weighted by atomic mass is 10.1. The molecule has 17 heavy (non-hydrogen) atoms. The lowest BCUT2D eigenvalue weighted by molar-refractivity contribution is -0.120. The lowest BCUT2D eigenvalue weighted by Crippen LogP contribution is -2.37. The quantitative estimate of drug-likeness (QED) is 0.662. The van der Waals surface area contributed by atoms with Gasteiger partial charge in [-0.15, -0.1) is 0 Å². The van der Waals surface area contributed by atoms with Crippen LogP contribution in [0.2, 0.25) is 0 Å². The molecule has 1 aromatic carbocycles. The highest BCUT2D eigenvalue weighted by molar-refractivity contribution is 6.01. The fourth-order valence-electron chi connectivity index (χ4n) is 1.39. The molecule has 5 nitrogen and oxygen atoms in total. The third kappa shape index (κ3) is 3.48. The van der Waals surface area contributed by atoms with Gasteiger partial charge in [0.25, 0.3) is 5.91 Å². The highest BCUT2D eigenvalue weighted by Crippen LogP contribution is 2.15. The van der Waals surface area contributed by atoms with E-state index in [1.807, 2.05) is 19.9 Å². The summed E-state index contributed by atoms with van der Waals surface area (Å²) < 4.78 is 0. The zero-order chi connectivity index (χ0) is 12.8. The fourth-order valence-corrected chi connectivity index (χ4v) is 1.39. The van der Waals surface area contributed by atoms with Crippen LogP contribution in [0.4, 0.5) is 5.69 Å². The van der Waals surface area contributed by atoms with Crippen molar-refractivity contribution < 1.29 is 9.59 Å². The first-order chi connectivity index (χ1) is 8.06. The van der Waals surface area contributed by atoms with E-state index >= 15 is 0 Å². The second-order valence-corrected chi connectivity index (χ2v) is 3.67. The Balaban J connectivity index is 2.64. The first-order valence-corrected chi connectivity index (χ1v) is 5.46. The molecular weight excluding hydrogens is 218 g/mol. The summed E-state index contributed by atoms with van der Waals surface area (Å²) in [6, 6.07) is 5.22. The van der Waals surface area contributed by atoms with Crippen molar-refractivity contribution in [2.75, 3.05) is 18.8 Å². The summed E-state index contributed by atoms with van der Waals surface area (Å²) in [5, 5.41) is 5.11. The van der Waals surface area contributed by atoms with Crippen molar-refractivity contribution >= 4 is 17.5 Å². The molecule has 0 aliphatic heterocycles. The minimum atomic E-state index is -0.336. The number of nitrogens with one attached hydrogen (secondary N) is 2. The van der Waals surface area contributed by atoms with Gasteiger partial charge in [0.2, 0.25) is 5.91 Å². The van der Waals surface area contributed by atoms with Crippen LogP contribution in [0.25, 0.3) is 0 Å². The van der Waals surface area contributed by atoms with E-state index in [9.17, 15) is 9.59 Å². The number of carbonyl (C=O) groups is 2. The largest absolute Gasteiger partial charge is 0.398 e. The SMILES string of the molecule is CCNC(=O)CNC(=O)c1cccc(C)c1N. The Labute approximate surface area is 100 Å². The van der Waals surface area contributed by atoms with Crippen LogP contribution in [0.3, 0.4) is 0 Å². The van der Waals surface area contributed by atoms with Crippen LogP contribution in [-0.2, 0) is 4.79 Å². The summed E-state index contributed by atoms with van der Waals surface area (Å²) in [4.78, 5) is 22.9. The number of aryl methyl sites for hydroxylation is 1. The van der Waals surface area contributed by atoms with E-state index in [1.54, 1.807) is 12.1 Å². The van der Waals surface area contributed by atoms with E-state index < -0.39 is 0 Å². The van der Waals surface area contributed by atoms with Crippen LogP contribution >= 0.6 is 0 Å². The molecular formula is C12H17N3O2. The topological polar surface area (TPSA) is 84.2 Å². The highest BCUT2D eigenvalue weighted by Gasteiger charge is 2.11. The van der Waals surface area contributed by atoms with E-state index in [0.29, 0.717) is 17.8 Å². The maximum Gasteiger partial charge on any atom is 0.253 e. The predicted molar refractivity (Wildman–Crippen MR) is 66.6 cm³/mol. The average Bonchev–Trinajstić information content (AvgIpc) is 2.30. The van der Waals surface area contributed by atoms with Gasteiger partial charge in [0.15, 0.2) is 0 Å². The maximum absolute atomic E-state index is 11.8. The number of carbonyl (C=O) groups excluding carboxylic acids is 2. The first-order valence-electron chi connectivity index (χ1n) is 5.46. The molecule has 0 atom stereocenters. The van der Waals surface area contributed by atoms with Crippen LogP contribution in [0, 0.1) is 6.92 Å². The van der Waals surface area contributed by atoms with E-state index in [-0.39, 0.29) is 18.4 Å². The van der Waals surface area contributed by atoms with Crippen molar-refractivity contribution in [1.82, 2.24) is 10.6 Å². The number of nitrogens with two attached hydrogens (primary N) is 1. The van der Waals surface area contributed by atoms with E-state index in [0.717, 1.165) is 5.56 Å². The summed E-state index contributed by atoms with van der Waals surface area (Å²) in [5.41, 5.74) is 7.47. The number of para-hydroxylation sites is 1. The van der Waals surface area contributed by atoms with Crippen LogP contribution in [0.15, 0.2) is 18.2 Å². The Morgan fingerprint density at radius 2 is 2.00 bits per heavy atom. The van der Waals surface area contributed by atoms with Crippen molar-refractivity contribution in [2.45, 2.75) is 13.8 Å². The number of hydrogen-bond acceptors (Lipinski definition) is 3. The number of rotatable bonds is 4. The van der Waals surface area contributed by atoms with E-state index in [1.165, 1.54) is 0 Å². The van der Waals surface area contributed by atoms with Crippen molar-refractivity contribution in [2.24, 2.45) is 0 Å². The molecule has 0 saturated heterocycles. The molecule has 1 aromatic rings. The Hall–Kier alpha value is -2.04. The number of benzene rings is 1. The van der Waals surface area contributed by atoms with Crippen LogP contribution in [-0.4, -0.2) is 24.9 Å². The minimum Gasteiger partial charge on any atom is -0.398 e. The number of nitrogen functional groups attached to an aromatic ring is 1. The van der Waals surface area contributed by atoms with Gasteiger partial charge in [0.05, 0.1) is 12.1 Å². The molecule has 0 radical (unpaired) electrons. The standard InChI is InChI=1S/C12H17N3O2/c1-3-14-10(16)7-15-12(17)9-6-4-5-8(2)11(9)13/h4-6H,3,7,13H2,1-2H3,(H,14,16)(H,15,17). The third-order valence-corrected chi connectivity index (χ3v) is 2.35. The molecule has 0 heterocycles. The molecule has 0 aliphatic rings. The molecule has 0 aromatic heterocycles. The zero-order valence-electron chi connectivity index (χ0n) is 10.0. The molecule has 0 saturated carbocycles. The molecule has 92 valence electrons. The third-order valence-electron chi connectivity index (χ3n) is 2.35. The molecule has 0 spiro atoms. The van der Waals surface area contributed by atoms with Gasteiger partial charge in [-0.2, -0.15) is 0 Å². The molecule has 2 amide bonds. The second-order valence-electron chi connectivity index (χ2n) is 3.67. The molecule has 4 N–H and O–H groups in total. The Bertz CT molecular complexity index is 430. The first kappa shape index (κ1) is 13.0. The van der Waals surface area contributed by atoms with Gasteiger partial charge < -0.3 is 16.4 Å². The van der Waals surface area contributed by atoms with Crippen molar-refractivity contribution in [3.63, 3.8) is 0 Å². The summed E-state index contributed by atoms with van der Waals surface area (Å²) >= 11 is 0.